The standard InChI is InChI=1S/C10H15FN2/c1-13(2)10(7-12)8-5-3-4-6-9(8)11/h3-6,10H,7,12H2,1-2H3/t10-/m0/s1. The number of likely N-dealkylation sites (N-methyl/N-ethyl adjacent to an activating group) is 1. The molecule has 0 radical (unpaired) electrons. The van der Waals surface area contributed by atoms with Gasteiger partial charge in [0.25, 0.3) is 0 Å². The summed E-state index contributed by atoms with van der Waals surface area (Å²) in [7, 11) is 3.79. The molecule has 3 heteroatoms. The molecule has 13 heavy (non-hydrogen) atoms. The van der Waals surface area contributed by atoms with E-state index in [0.29, 0.717) is 12.1 Å². The highest BCUT2D eigenvalue weighted by molar-refractivity contribution is 5.21. The highest BCUT2D eigenvalue weighted by Gasteiger charge is 2.14. The van der Waals surface area contributed by atoms with Gasteiger partial charge in [-0.15, -0.1) is 0 Å². The maximum Gasteiger partial charge on any atom is 0.128 e. The van der Waals surface area contributed by atoms with Gasteiger partial charge in [-0.3, -0.25) is 0 Å². The van der Waals surface area contributed by atoms with Gasteiger partial charge in [0, 0.05) is 18.2 Å². The second-order valence-electron chi connectivity index (χ2n) is 3.24. The molecule has 0 aliphatic heterocycles. The summed E-state index contributed by atoms with van der Waals surface area (Å²) in [6, 6.07) is 6.70. The summed E-state index contributed by atoms with van der Waals surface area (Å²) in [4.78, 5) is 1.92. The molecular weight excluding hydrogens is 167 g/mol. The molecule has 0 saturated carbocycles. The predicted octanol–water partition coefficient (Wildman–Crippen LogP) is 1.39. The molecule has 0 fully saturated rings. The van der Waals surface area contributed by atoms with Crippen molar-refractivity contribution in [3.63, 3.8) is 0 Å². The van der Waals surface area contributed by atoms with Crippen LogP contribution in [0.15, 0.2) is 24.3 Å². The Morgan fingerprint density at radius 1 is 1.38 bits per heavy atom. The van der Waals surface area contributed by atoms with Gasteiger partial charge < -0.3 is 10.6 Å². The third-order valence-electron chi connectivity index (χ3n) is 2.11. The van der Waals surface area contributed by atoms with Crippen LogP contribution in [0.25, 0.3) is 0 Å². The van der Waals surface area contributed by atoms with E-state index in [1.165, 1.54) is 6.07 Å². The maximum absolute atomic E-state index is 13.3. The molecule has 0 aliphatic rings. The van der Waals surface area contributed by atoms with Crippen molar-refractivity contribution >= 4 is 0 Å². The first kappa shape index (κ1) is 10.2. The number of rotatable bonds is 3. The van der Waals surface area contributed by atoms with Gasteiger partial charge in [0.2, 0.25) is 0 Å². The van der Waals surface area contributed by atoms with Crippen LogP contribution in [0.1, 0.15) is 11.6 Å². The first-order valence-corrected chi connectivity index (χ1v) is 4.27. The van der Waals surface area contributed by atoms with E-state index in [2.05, 4.69) is 0 Å². The summed E-state index contributed by atoms with van der Waals surface area (Å²) < 4.78 is 13.3. The van der Waals surface area contributed by atoms with Crippen LogP contribution in [0, 0.1) is 5.82 Å². The highest BCUT2D eigenvalue weighted by Crippen LogP contribution is 2.19. The van der Waals surface area contributed by atoms with Gasteiger partial charge in [-0.05, 0) is 20.2 Å². The molecule has 0 unspecified atom stereocenters. The zero-order chi connectivity index (χ0) is 9.84. The maximum atomic E-state index is 13.3. The minimum Gasteiger partial charge on any atom is -0.329 e. The molecule has 0 spiro atoms. The predicted molar refractivity (Wildman–Crippen MR) is 51.9 cm³/mol. The summed E-state index contributed by atoms with van der Waals surface area (Å²) in [5.74, 6) is -0.188. The first-order chi connectivity index (χ1) is 6.16. The van der Waals surface area contributed by atoms with E-state index in [4.69, 9.17) is 5.73 Å². The summed E-state index contributed by atoms with van der Waals surface area (Å²) in [5.41, 5.74) is 6.23. The summed E-state index contributed by atoms with van der Waals surface area (Å²) in [5, 5.41) is 0. The molecule has 72 valence electrons. The van der Waals surface area contributed by atoms with E-state index < -0.39 is 0 Å². The molecule has 0 amide bonds. The Morgan fingerprint density at radius 3 is 2.46 bits per heavy atom. The van der Waals surface area contributed by atoms with E-state index in [9.17, 15) is 4.39 Å². The molecule has 2 nitrogen and oxygen atoms in total. The molecule has 1 rings (SSSR count). The Labute approximate surface area is 78.2 Å². The molecule has 0 saturated heterocycles. The molecule has 0 bridgehead atoms. The van der Waals surface area contributed by atoms with Gasteiger partial charge in [-0.2, -0.15) is 0 Å². The SMILES string of the molecule is CN(C)[C@@H](CN)c1ccccc1F. The van der Waals surface area contributed by atoms with Gasteiger partial charge >= 0.3 is 0 Å². The van der Waals surface area contributed by atoms with Crippen LogP contribution < -0.4 is 5.73 Å². The molecular formula is C10H15FN2. The minimum absolute atomic E-state index is 0.0406. The molecule has 1 aromatic rings. The monoisotopic (exact) mass is 182 g/mol. The number of hydrogen-bond acceptors (Lipinski definition) is 2. The Morgan fingerprint density at radius 2 is 2.00 bits per heavy atom. The third-order valence-corrected chi connectivity index (χ3v) is 2.11. The number of nitrogens with two attached hydrogens (primary N) is 1. The number of hydrogen-bond donors (Lipinski definition) is 1. The average Bonchev–Trinajstić information content (AvgIpc) is 2.09. The number of nitrogens with zero attached hydrogens (tertiary/aromatic N) is 1. The number of halogens is 1. The van der Waals surface area contributed by atoms with Crippen molar-refractivity contribution in [2.24, 2.45) is 5.73 Å². The summed E-state index contributed by atoms with van der Waals surface area (Å²) in [6.07, 6.45) is 0. The lowest BCUT2D eigenvalue weighted by molar-refractivity contribution is 0.298. The van der Waals surface area contributed by atoms with Crippen molar-refractivity contribution in [3.8, 4) is 0 Å². The van der Waals surface area contributed by atoms with Crippen LogP contribution in [0.2, 0.25) is 0 Å². The molecule has 2 N–H and O–H groups in total. The lowest BCUT2D eigenvalue weighted by atomic mass is 10.1. The van der Waals surface area contributed by atoms with Crippen LogP contribution in [-0.4, -0.2) is 25.5 Å². The van der Waals surface area contributed by atoms with Gasteiger partial charge in [0.05, 0.1) is 0 Å². The van der Waals surface area contributed by atoms with E-state index >= 15 is 0 Å². The quantitative estimate of drug-likeness (QED) is 0.765. The molecule has 0 aromatic heterocycles. The summed E-state index contributed by atoms with van der Waals surface area (Å²) >= 11 is 0. The highest BCUT2D eigenvalue weighted by atomic mass is 19.1. The fraction of sp³-hybridized carbons (Fsp3) is 0.400. The smallest absolute Gasteiger partial charge is 0.128 e. The molecule has 0 heterocycles. The number of benzene rings is 1. The topological polar surface area (TPSA) is 29.3 Å². The van der Waals surface area contributed by atoms with Crippen LogP contribution in [-0.2, 0) is 0 Å². The van der Waals surface area contributed by atoms with Gasteiger partial charge in [-0.25, -0.2) is 4.39 Å². The van der Waals surface area contributed by atoms with E-state index in [-0.39, 0.29) is 11.9 Å². The largest absolute Gasteiger partial charge is 0.329 e. The van der Waals surface area contributed by atoms with Crippen molar-refractivity contribution < 1.29 is 4.39 Å². The zero-order valence-electron chi connectivity index (χ0n) is 8.00. The van der Waals surface area contributed by atoms with Crippen LogP contribution >= 0.6 is 0 Å². The zero-order valence-corrected chi connectivity index (χ0v) is 8.00. The molecule has 0 aliphatic carbocycles. The average molecular weight is 182 g/mol. The van der Waals surface area contributed by atoms with E-state index in [1.807, 2.05) is 25.1 Å². The Balaban J connectivity index is 2.97. The van der Waals surface area contributed by atoms with Crippen LogP contribution in [0.5, 0.6) is 0 Å². The second kappa shape index (κ2) is 4.35. The second-order valence-corrected chi connectivity index (χ2v) is 3.24. The molecule has 1 atom stereocenters. The normalized spacial score (nSPS) is 13.3. The lowest BCUT2D eigenvalue weighted by Gasteiger charge is -2.23. The minimum atomic E-state index is -0.188. The van der Waals surface area contributed by atoms with E-state index in [1.54, 1.807) is 12.1 Å². The Bertz CT molecular complexity index is 273. The lowest BCUT2D eigenvalue weighted by Crippen LogP contribution is -2.27. The third kappa shape index (κ3) is 2.26. The van der Waals surface area contributed by atoms with Crippen molar-refractivity contribution in [1.82, 2.24) is 4.90 Å². The van der Waals surface area contributed by atoms with E-state index in [0.717, 1.165) is 0 Å². The van der Waals surface area contributed by atoms with Crippen molar-refractivity contribution in [2.45, 2.75) is 6.04 Å². The van der Waals surface area contributed by atoms with Gasteiger partial charge in [0.1, 0.15) is 5.82 Å². The van der Waals surface area contributed by atoms with Crippen LogP contribution in [0.3, 0.4) is 0 Å². The first-order valence-electron chi connectivity index (χ1n) is 4.27. The van der Waals surface area contributed by atoms with Gasteiger partial charge in [-0.1, -0.05) is 18.2 Å². The van der Waals surface area contributed by atoms with Crippen molar-refractivity contribution in [1.29, 1.82) is 0 Å². The van der Waals surface area contributed by atoms with Crippen molar-refractivity contribution in [3.05, 3.63) is 35.6 Å². The van der Waals surface area contributed by atoms with Gasteiger partial charge in [0.15, 0.2) is 0 Å². The fourth-order valence-electron chi connectivity index (χ4n) is 1.36. The van der Waals surface area contributed by atoms with Crippen molar-refractivity contribution in [2.75, 3.05) is 20.6 Å². The Kier molecular flexibility index (Phi) is 3.39. The Hall–Kier alpha value is -0.930. The molecule has 1 aromatic carbocycles. The fourth-order valence-corrected chi connectivity index (χ4v) is 1.36. The summed E-state index contributed by atoms with van der Waals surface area (Å²) in [6.45, 7) is 0.425. The van der Waals surface area contributed by atoms with Crippen LogP contribution in [0.4, 0.5) is 4.39 Å².